The largest absolute Gasteiger partial charge is 0.459 e. The highest BCUT2D eigenvalue weighted by Gasteiger charge is 2.28. The van der Waals surface area contributed by atoms with E-state index in [0.29, 0.717) is 5.92 Å². The molecule has 0 atom stereocenters. The van der Waals surface area contributed by atoms with Gasteiger partial charge in [-0.1, -0.05) is 50.5 Å². The molecule has 0 N–H and O–H groups in total. The van der Waals surface area contributed by atoms with Crippen molar-refractivity contribution in [3.8, 4) is 0 Å². The van der Waals surface area contributed by atoms with E-state index in [9.17, 15) is 13.6 Å². The SMILES string of the molecule is CCCCCCc1ccc([C@H]2CC[C@H](C(=O)OCC(F)F)CC2)cc1. The number of esters is 1. The second-order valence-corrected chi connectivity index (χ2v) is 7.12. The molecule has 1 aliphatic carbocycles. The number of ether oxygens (including phenoxy) is 1. The zero-order valence-corrected chi connectivity index (χ0v) is 15.2. The molecule has 0 unspecified atom stereocenters. The average Bonchev–Trinajstić information content (AvgIpc) is 2.64. The second kappa shape index (κ2) is 10.5. The average molecular weight is 352 g/mol. The van der Waals surface area contributed by atoms with Crippen molar-refractivity contribution in [1.82, 2.24) is 0 Å². The van der Waals surface area contributed by atoms with E-state index in [0.717, 1.165) is 32.1 Å². The van der Waals surface area contributed by atoms with Crippen LogP contribution in [0.5, 0.6) is 0 Å². The monoisotopic (exact) mass is 352 g/mol. The molecule has 1 fully saturated rings. The summed E-state index contributed by atoms with van der Waals surface area (Å²) in [5.41, 5.74) is 2.72. The molecule has 140 valence electrons. The van der Waals surface area contributed by atoms with Crippen LogP contribution in [-0.2, 0) is 16.0 Å². The molecule has 25 heavy (non-hydrogen) atoms. The summed E-state index contributed by atoms with van der Waals surface area (Å²) in [6, 6.07) is 8.89. The highest BCUT2D eigenvalue weighted by molar-refractivity contribution is 5.72. The van der Waals surface area contributed by atoms with E-state index in [4.69, 9.17) is 0 Å². The fraction of sp³-hybridized carbons (Fsp3) is 0.667. The summed E-state index contributed by atoms with van der Waals surface area (Å²) in [6.07, 6.45) is 6.97. The van der Waals surface area contributed by atoms with Crippen LogP contribution in [0.3, 0.4) is 0 Å². The molecule has 0 spiro atoms. The first-order chi connectivity index (χ1) is 12.1. The minimum Gasteiger partial charge on any atom is -0.459 e. The number of unbranched alkanes of at least 4 members (excludes halogenated alkanes) is 3. The van der Waals surface area contributed by atoms with Crippen molar-refractivity contribution in [2.75, 3.05) is 6.61 Å². The van der Waals surface area contributed by atoms with E-state index in [2.05, 4.69) is 35.9 Å². The Bertz CT molecular complexity index is 505. The number of rotatable bonds is 9. The lowest BCUT2D eigenvalue weighted by molar-refractivity contribution is -0.153. The number of halogens is 2. The molecular weight excluding hydrogens is 322 g/mol. The quantitative estimate of drug-likeness (QED) is 0.409. The van der Waals surface area contributed by atoms with Crippen molar-refractivity contribution in [3.63, 3.8) is 0 Å². The van der Waals surface area contributed by atoms with Gasteiger partial charge in [-0.15, -0.1) is 0 Å². The Morgan fingerprint density at radius 1 is 1.08 bits per heavy atom. The molecule has 0 amide bonds. The molecule has 4 heteroatoms. The van der Waals surface area contributed by atoms with Crippen molar-refractivity contribution >= 4 is 5.97 Å². The molecule has 1 aromatic rings. The number of carbonyl (C=O) groups excluding carboxylic acids is 1. The van der Waals surface area contributed by atoms with E-state index in [1.54, 1.807) is 0 Å². The molecule has 2 rings (SSSR count). The third-order valence-corrected chi connectivity index (χ3v) is 5.18. The normalized spacial score (nSPS) is 20.6. The molecule has 0 aliphatic heterocycles. The van der Waals surface area contributed by atoms with Crippen molar-refractivity contribution in [1.29, 1.82) is 0 Å². The minimum absolute atomic E-state index is 0.215. The predicted molar refractivity (Wildman–Crippen MR) is 96.0 cm³/mol. The van der Waals surface area contributed by atoms with Gasteiger partial charge in [-0.25, -0.2) is 8.78 Å². The molecule has 0 bridgehead atoms. The van der Waals surface area contributed by atoms with Gasteiger partial charge >= 0.3 is 5.97 Å². The van der Waals surface area contributed by atoms with Crippen LogP contribution in [-0.4, -0.2) is 19.0 Å². The number of hydrogen-bond acceptors (Lipinski definition) is 2. The zero-order chi connectivity index (χ0) is 18.1. The molecule has 0 heterocycles. The maximum absolute atomic E-state index is 12.1. The lowest BCUT2D eigenvalue weighted by Gasteiger charge is -2.27. The summed E-state index contributed by atoms with van der Waals surface area (Å²) in [6.45, 7) is 1.44. The fourth-order valence-corrected chi connectivity index (χ4v) is 3.64. The van der Waals surface area contributed by atoms with Crippen LogP contribution in [0.4, 0.5) is 8.78 Å². The Kier molecular flexibility index (Phi) is 8.36. The number of alkyl halides is 2. The van der Waals surface area contributed by atoms with Crippen LogP contribution in [0, 0.1) is 5.92 Å². The third kappa shape index (κ3) is 6.75. The van der Waals surface area contributed by atoms with Gasteiger partial charge in [0.2, 0.25) is 0 Å². The van der Waals surface area contributed by atoms with E-state index in [-0.39, 0.29) is 5.92 Å². The molecule has 1 saturated carbocycles. The smallest absolute Gasteiger partial charge is 0.309 e. The lowest BCUT2D eigenvalue weighted by atomic mass is 9.78. The zero-order valence-electron chi connectivity index (χ0n) is 15.2. The topological polar surface area (TPSA) is 26.3 Å². The van der Waals surface area contributed by atoms with Gasteiger partial charge in [0.25, 0.3) is 6.43 Å². The fourth-order valence-electron chi connectivity index (χ4n) is 3.64. The molecular formula is C21H30F2O2. The van der Waals surface area contributed by atoms with E-state index < -0.39 is 19.0 Å². The summed E-state index contributed by atoms with van der Waals surface area (Å²) in [7, 11) is 0. The van der Waals surface area contributed by atoms with Crippen LogP contribution in [0.2, 0.25) is 0 Å². The second-order valence-electron chi connectivity index (χ2n) is 7.12. The van der Waals surface area contributed by atoms with Crippen LogP contribution in [0.25, 0.3) is 0 Å². The summed E-state index contributed by atoms with van der Waals surface area (Å²) in [5, 5.41) is 0. The minimum atomic E-state index is -2.58. The first kappa shape index (κ1) is 19.9. The van der Waals surface area contributed by atoms with Gasteiger partial charge in [-0.05, 0) is 55.6 Å². The number of hydrogen-bond donors (Lipinski definition) is 0. The molecule has 1 aromatic carbocycles. The maximum Gasteiger partial charge on any atom is 0.309 e. The third-order valence-electron chi connectivity index (χ3n) is 5.18. The Balaban J connectivity index is 1.75. The number of carbonyl (C=O) groups is 1. The van der Waals surface area contributed by atoms with Crippen LogP contribution < -0.4 is 0 Å². The summed E-state index contributed by atoms with van der Waals surface area (Å²) in [4.78, 5) is 11.8. The lowest BCUT2D eigenvalue weighted by Crippen LogP contribution is -2.24. The number of aryl methyl sites for hydroxylation is 1. The maximum atomic E-state index is 12.1. The van der Waals surface area contributed by atoms with Gasteiger partial charge in [0.05, 0.1) is 5.92 Å². The van der Waals surface area contributed by atoms with Gasteiger partial charge in [0.15, 0.2) is 6.61 Å². The van der Waals surface area contributed by atoms with Gasteiger partial charge in [-0.2, -0.15) is 0 Å². The van der Waals surface area contributed by atoms with Crippen LogP contribution in [0.15, 0.2) is 24.3 Å². The van der Waals surface area contributed by atoms with E-state index >= 15 is 0 Å². The predicted octanol–water partition coefficient (Wildman–Crippen LogP) is 5.89. The molecule has 0 radical (unpaired) electrons. The summed E-state index contributed by atoms with van der Waals surface area (Å²) in [5.74, 6) is -0.206. The van der Waals surface area contributed by atoms with E-state index in [1.165, 1.54) is 36.8 Å². The molecule has 0 saturated heterocycles. The molecule has 2 nitrogen and oxygen atoms in total. The summed E-state index contributed by atoms with van der Waals surface area (Å²) < 4.78 is 28.9. The van der Waals surface area contributed by atoms with Crippen molar-refractivity contribution < 1.29 is 18.3 Å². The van der Waals surface area contributed by atoms with Crippen LogP contribution >= 0.6 is 0 Å². The Morgan fingerprint density at radius 3 is 2.36 bits per heavy atom. The van der Waals surface area contributed by atoms with Crippen molar-refractivity contribution in [3.05, 3.63) is 35.4 Å². The summed E-state index contributed by atoms with van der Waals surface area (Å²) >= 11 is 0. The van der Waals surface area contributed by atoms with Gasteiger partial charge < -0.3 is 4.74 Å². The molecule has 1 aliphatic rings. The Labute approximate surface area is 150 Å². The number of benzene rings is 1. The standard InChI is InChI=1S/C21H30F2O2/c1-2-3-4-5-6-16-7-9-17(10-8-16)18-11-13-19(14-12-18)21(24)25-15-20(22)23/h7-10,18-20H,2-6,11-15H2,1H3/t18-,19-. The van der Waals surface area contributed by atoms with Crippen molar-refractivity contribution in [2.24, 2.45) is 5.92 Å². The Hall–Kier alpha value is -1.45. The first-order valence-electron chi connectivity index (χ1n) is 9.63. The highest BCUT2D eigenvalue weighted by Crippen LogP contribution is 2.36. The van der Waals surface area contributed by atoms with Crippen molar-refractivity contribution in [2.45, 2.75) is 77.1 Å². The van der Waals surface area contributed by atoms with Crippen LogP contribution in [0.1, 0.15) is 75.3 Å². The van der Waals surface area contributed by atoms with E-state index in [1.807, 2.05) is 0 Å². The van der Waals surface area contributed by atoms with Gasteiger partial charge in [0, 0.05) is 0 Å². The highest BCUT2D eigenvalue weighted by atomic mass is 19.3. The van der Waals surface area contributed by atoms with Gasteiger partial charge in [0.1, 0.15) is 0 Å². The Morgan fingerprint density at radius 2 is 1.76 bits per heavy atom. The molecule has 0 aromatic heterocycles. The van der Waals surface area contributed by atoms with Gasteiger partial charge in [-0.3, -0.25) is 4.79 Å². The first-order valence-corrected chi connectivity index (χ1v) is 9.63.